The Balaban J connectivity index is 0.000000717. The van der Waals surface area contributed by atoms with Gasteiger partial charge in [0, 0.05) is 8.07 Å². The molecule has 24 nitrogen and oxygen atoms in total. The zero-order valence-corrected chi connectivity index (χ0v) is 99.4. The monoisotopic (exact) mass is 1970 g/mol. The number of rotatable bonds is 21. The minimum atomic E-state index is -2.26. The minimum absolute atomic E-state index is 0.00870. The first-order chi connectivity index (χ1) is 56.6. The first-order valence-electron chi connectivity index (χ1n) is 47.9. The van der Waals surface area contributed by atoms with Crippen LogP contribution in [0, 0.1) is 75.4 Å². The van der Waals surface area contributed by atoms with Gasteiger partial charge in [-0.2, -0.15) is 0 Å². The molecule has 4 aliphatic carbocycles. The molecule has 4 saturated carbocycles. The zero-order valence-electron chi connectivity index (χ0n) is 88.4. The standard InChI is InChI=1S/2C15H26O2.C12H26O2Si.2C11H30O4Si4.C9H24OSi2.3C6H8O3/c2*1-5-14(3,4)13(16)17-15(6-2)10-11-7-8-12(15)9-11;1-8-12(3,4)11(13)14-10(2)9-15(5,6)7;2*1-10-11(2)19(9)14-17(5,6)12-16(3,4)13-18(7,8)15-19;1-8-9(2)12(6,7)10-11(3,4)5;3*1-3-4(2)6(8)9-5(3)7/h2*11-12H,5-10H2,1-4H3;10H,8-9H2,1-7H3;2*11H,10H2,1-9H3;9H,8H2,1-7H3;3*3-4H,1-2H3. The lowest BCUT2D eigenvalue weighted by molar-refractivity contribution is -0.178. The fourth-order valence-corrected chi connectivity index (χ4v) is 71.0. The molecule has 16 atom stereocenters. The highest BCUT2D eigenvalue weighted by atomic mass is 28.5. The zero-order chi connectivity index (χ0) is 98.9. The lowest BCUT2D eigenvalue weighted by atomic mass is 9.81. The van der Waals surface area contributed by atoms with Crippen molar-refractivity contribution in [3.05, 3.63) is 0 Å². The second-order valence-electron chi connectivity index (χ2n) is 45.4. The average Bonchev–Trinajstić information content (AvgIpc) is 1.48. The highest BCUT2D eigenvalue weighted by Gasteiger charge is 2.59. The molecule has 126 heavy (non-hydrogen) atoms. The number of hydrogen-bond acceptors (Lipinski definition) is 24. The van der Waals surface area contributed by atoms with Gasteiger partial charge in [0.2, 0.25) is 0 Å². The maximum absolute atomic E-state index is 12.3. The number of cyclic esters (lactones) is 6. The summed E-state index contributed by atoms with van der Waals surface area (Å²) in [6.45, 7) is 96.0. The van der Waals surface area contributed by atoms with Gasteiger partial charge in [-0.25, -0.2) is 0 Å². The van der Waals surface area contributed by atoms with E-state index in [2.05, 4.69) is 227 Å². The summed E-state index contributed by atoms with van der Waals surface area (Å²) in [6, 6.07) is 1.04. The minimum Gasteiger partial charge on any atom is -0.463 e. The number of ether oxygens (including phenoxy) is 6. The van der Waals surface area contributed by atoms with Gasteiger partial charge in [0.05, 0.1) is 57.9 Å². The molecule has 35 heteroatoms. The van der Waals surface area contributed by atoms with Gasteiger partial charge in [0.15, 0.2) is 16.6 Å². The Labute approximate surface area is 778 Å². The summed E-state index contributed by atoms with van der Waals surface area (Å²) in [6.07, 6.45) is 18.0. The van der Waals surface area contributed by atoms with Crippen LogP contribution in [-0.4, -0.2) is 164 Å². The second-order valence-corrected chi connectivity index (χ2v) is 89.5. The number of carbonyl (C=O) groups excluding carboxylic acids is 9. The molecule has 0 amide bonds. The molecule has 16 unspecified atom stereocenters. The molecule has 0 N–H and O–H groups in total. The second kappa shape index (κ2) is 48.0. The SMILES string of the molecule is CC1C(=O)OC(=O)C1C.CC1C(=O)OC(=O)C1C.CC1C(=O)OC(=O)C1C.CCC(C)(C)C(=O)OC(C)C[Si](C)(C)C.CCC(C)(C)C(=O)OC1(CC)CC2CCC1C2.CCC(C)(C)C(=O)OC1(CC)CC2CCC1C2.CCC(C)[Si](C)(C)O[Si](C)(C)C.CCC(C)[Si]1(C)O[Si](C)(C)O[Si](C)(C)O[Si](C)(C)O1.CCC(C)[Si]1(C)O[Si](C)(C)O[Si](C)(C)O[Si](C)(C)O1. The molecular weight excluding hydrogens is 1790 g/mol. The Hall–Kier alpha value is -2.14. The van der Waals surface area contributed by atoms with Crippen LogP contribution in [0.4, 0.5) is 0 Å². The van der Waals surface area contributed by atoms with Gasteiger partial charge in [0.1, 0.15) is 11.2 Å². The van der Waals surface area contributed by atoms with Gasteiger partial charge in [-0.05, 0) is 303 Å². The van der Waals surface area contributed by atoms with Crippen LogP contribution in [0.15, 0.2) is 0 Å². The quantitative estimate of drug-likeness (QED) is 0.0446. The van der Waals surface area contributed by atoms with Gasteiger partial charge < -0.3 is 65.5 Å². The van der Waals surface area contributed by atoms with Gasteiger partial charge in [-0.3, -0.25) is 43.2 Å². The van der Waals surface area contributed by atoms with Crippen LogP contribution in [0.1, 0.15) is 269 Å². The van der Waals surface area contributed by atoms with E-state index in [0.29, 0.717) is 22.9 Å². The maximum atomic E-state index is 12.3. The average molecular weight is 1970 g/mol. The van der Waals surface area contributed by atoms with Crippen molar-refractivity contribution in [2.45, 2.75) is 453 Å². The van der Waals surface area contributed by atoms with Crippen molar-refractivity contribution in [2.24, 2.45) is 75.4 Å². The van der Waals surface area contributed by atoms with E-state index in [0.717, 1.165) is 81.2 Å². The van der Waals surface area contributed by atoms with Crippen LogP contribution >= 0.6 is 0 Å². The Morgan fingerprint density at radius 2 is 0.635 bits per heavy atom. The summed E-state index contributed by atoms with van der Waals surface area (Å²) < 4.78 is 88.0. The fraction of sp³-hybridized carbons (Fsp3) is 0.901. The lowest BCUT2D eigenvalue weighted by Crippen LogP contribution is -2.66. The fourth-order valence-electron chi connectivity index (χ4n) is 17.5. The summed E-state index contributed by atoms with van der Waals surface area (Å²) >= 11 is 0. The molecule has 5 saturated heterocycles. The Morgan fingerprint density at radius 3 is 0.810 bits per heavy atom. The van der Waals surface area contributed by atoms with Crippen molar-refractivity contribution in [1.29, 1.82) is 0 Å². The third kappa shape index (κ3) is 38.2. The van der Waals surface area contributed by atoms with Crippen LogP contribution in [0.2, 0.25) is 167 Å². The van der Waals surface area contributed by atoms with Crippen LogP contribution in [0.3, 0.4) is 0 Å². The molecule has 0 aromatic heterocycles. The molecule has 0 aromatic carbocycles. The van der Waals surface area contributed by atoms with Gasteiger partial charge >= 0.3 is 122 Å². The molecule has 9 rings (SSSR count). The Morgan fingerprint density at radius 1 is 0.389 bits per heavy atom. The molecule has 4 bridgehead atoms. The van der Waals surface area contributed by atoms with E-state index in [1.54, 1.807) is 41.5 Å². The molecule has 9 fully saturated rings. The van der Waals surface area contributed by atoms with Gasteiger partial charge in [-0.15, -0.1) is 0 Å². The molecule has 0 aromatic rings. The lowest BCUT2D eigenvalue weighted by Gasteiger charge is -2.49. The number of carbonyl (C=O) groups is 9. The van der Waals surface area contributed by atoms with E-state index in [1.165, 1.54) is 44.9 Å². The predicted molar refractivity (Wildman–Crippen MR) is 531 cm³/mol. The van der Waals surface area contributed by atoms with E-state index in [4.69, 9.17) is 51.2 Å². The summed E-state index contributed by atoms with van der Waals surface area (Å²) in [5.41, 5.74) is 0.437. The highest BCUT2D eigenvalue weighted by Crippen LogP contribution is 2.56. The molecule has 0 spiro atoms. The van der Waals surface area contributed by atoms with E-state index in [1.807, 2.05) is 55.4 Å². The predicted octanol–water partition coefficient (Wildman–Crippen LogP) is 24.5. The number of hydrogen-bond donors (Lipinski definition) is 0. The third-order valence-electron chi connectivity index (χ3n) is 27.4. The van der Waals surface area contributed by atoms with E-state index in [9.17, 15) is 43.2 Å². The molecule has 5 aliphatic heterocycles. The van der Waals surface area contributed by atoms with Crippen LogP contribution in [0.25, 0.3) is 0 Å². The maximum Gasteiger partial charge on any atom is 0.320 e. The normalized spacial score (nSPS) is 29.7. The van der Waals surface area contributed by atoms with Gasteiger partial charge in [0.25, 0.3) is 0 Å². The van der Waals surface area contributed by atoms with Crippen molar-refractivity contribution < 1.29 is 109 Å². The number of fused-ring (bicyclic) bond motifs is 4. The number of esters is 9. The first kappa shape index (κ1) is 122. The van der Waals surface area contributed by atoms with Crippen molar-refractivity contribution in [1.82, 2.24) is 0 Å². The highest BCUT2D eigenvalue weighted by molar-refractivity contribution is 6.94. The van der Waals surface area contributed by atoms with Crippen molar-refractivity contribution in [2.75, 3.05) is 0 Å². The summed E-state index contributed by atoms with van der Waals surface area (Å²) in [7, 11) is -21.4. The molecule has 5 heterocycles. The largest absolute Gasteiger partial charge is 0.463 e. The Bertz CT molecular complexity index is 3220. The van der Waals surface area contributed by atoms with E-state index >= 15 is 0 Å². The molecule has 0 radical (unpaired) electrons. The third-order valence-corrected chi connectivity index (χ3v) is 71.0. The van der Waals surface area contributed by atoms with Crippen molar-refractivity contribution in [3.63, 3.8) is 0 Å². The van der Waals surface area contributed by atoms with Crippen LogP contribution in [0.5, 0.6) is 0 Å². The van der Waals surface area contributed by atoms with E-state index < -0.39 is 129 Å². The summed E-state index contributed by atoms with van der Waals surface area (Å²) in [4.78, 5) is 99.6. The van der Waals surface area contributed by atoms with Crippen molar-refractivity contribution >= 4 is 147 Å². The van der Waals surface area contributed by atoms with E-state index in [-0.39, 0.29) is 87.0 Å². The molecule has 738 valence electrons. The topological polar surface area (TPSA) is 292 Å². The van der Waals surface area contributed by atoms with Gasteiger partial charge in [-0.1, -0.05) is 157 Å². The van der Waals surface area contributed by atoms with Crippen molar-refractivity contribution in [3.8, 4) is 0 Å². The molecular formula is C91H186O24Si11. The summed E-state index contributed by atoms with van der Waals surface area (Å²) in [5, 5.41) is 0. The Kier molecular flexibility index (Phi) is 46.5. The first-order valence-corrected chi connectivity index (χ1v) is 79.7. The smallest absolute Gasteiger partial charge is 0.320 e. The summed E-state index contributed by atoms with van der Waals surface area (Å²) in [5.74, 6) is -1.03. The van der Waals surface area contributed by atoms with Crippen LogP contribution < -0.4 is 0 Å². The molecule has 9 aliphatic rings. The van der Waals surface area contributed by atoms with Crippen LogP contribution in [-0.2, 0) is 109 Å².